The average Bonchev–Trinajstić information content (AvgIpc) is 3.28. The van der Waals surface area contributed by atoms with Gasteiger partial charge in [0.05, 0.1) is 23.6 Å². The molecule has 32 heavy (non-hydrogen) atoms. The number of carbonyl (C=O) groups excluding carboxylic acids is 1. The van der Waals surface area contributed by atoms with Crippen LogP contribution in [-0.2, 0) is 17.0 Å². The Morgan fingerprint density at radius 3 is 2.84 bits per heavy atom. The molecule has 1 unspecified atom stereocenters. The van der Waals surface area contributed by atoms with E-state index in [0.717, 1.165) is 25.0 Å². The lowest BCUT2D eigenvalue weighted by atomic mass is 10.1. The molecule has 8 heteroatoms. The summed E-state index contributed by atoms with van der Waals surface area (Å²) in [6.07, 6.45) is 1.92. The molecule has 0 bridgehead atoms. The van der Waals surface area contributed by atoms with Crippen molar-refractivity contribution in [2.24, 2.45) is 0 Å². The Morgan fingerprint density at radius 1 is 1.31 bits per heavy atom. The van der Waals surface area contributed by atoms with Gasteiger partial charge in [-0.05, 0) is 56.5 Å². The van der Waals surface area contributed by atoms with Crippen LogP contribution in [0.15, 0.2) is 52.4 Å². The zero-order valence-corrected chi connectivity index (χ0v) is 19.7. The lowest BCUT2D eigenvalue weighted by Gasteiger charge is -2.17. The van der Waals surface area contributed by atoms with E-state index in [0.29, 0.717) is 38.9 Å². The van der Waals surface area contributed by atoms with E-state index < -0.39 is 0 Å². The van der Waals surface area contributed by atoms with Crippen molar-refractivity contribution in [1.29, 1.82) is 0 Å². The summed E-state index contributed by atoms with van der Waals surface area (Å²) < 4.78 is 7.48. The van der Waals surface area contributed by atoms with Crippen LogP contribution in [0.4, 0.5) is 0 Å². The van der Waals surface area contributed by atoms with Crippen LogP contribution in [0.2, 0.25) is 5.02 Å². The van der Waals surface area contributed by atoms with E-state index in [1.54, 1.807) is 22.8 Å². The van der Waals surface area contributed by atoms with Crippen molar-refractivity contribution in [3.8, 4) is 0 Å². The Kier molecular flexibility index (Phi) is 7.18. The number of hydrogen-bond donors (Lipinski definition) is 1. The molecule has 1 aliphatic rings. The summed E-state index contributed by atoms with van der Waals surface area (Å²) in [6, 6.07) is 12.7. The maximum atomic E-state index is 13.4. The van der Waals surface area contributed by atoms with Gasteiger partial charge >= 0.3 is 0 Å². The molecule has 1 N–H and O–H groups in total. The van der Waals surface area contributed by atoms with Crippen molar-refractivity contribution in [1.82, 2.24) is 14.9 Å². The van der Waals surface area contributed by atoms with Crippen LogP contribution in [0.1, 0.15) is 42.6 Å². The van der Waals surface area contributed by atoms with Crippen LogP contribution in [0, 0.1) is 0 Å². The Bertz CT molecular complexity index is 1190. The first kappa shape index (κ1) is 22.8. The maximum Gasteiger partial charge on any atom is 0.262 e. The second kappa shape index (κ2) is 10.1. The molecule has 0 aliphatic carbocycles. The largest absolute Gasteiger partial charge is 0.376 e. The van der Waals surface area contributed by atoms with Gasteiger partial charge in [-0.3, -0.25) is 14.2 Å². The number of fused-ring (bicyclic) bond motifs is 1. The highest BCUT2D eigenvalue weighted by molar-refractivity contribution is 7.98. The van der Waals surface area contributed by atoms with Crippen LogP contribution in [0.3, 0.4) is 0 Å². The van der Waals surface area contributed by atoms with Gasteiger partial charge in [0.15, 0.2) is 5.16 Å². The van der Waals surface area contributed by atoms with Gasteiger partial charge in [0.2, 0.25) is 0 Å². The Hall–Kier alpha value is -2.35. The summed E-state index contributed by atoms with van der Waals surface area (Å²) >= 11 is 7.79. The lowest BCUT2D eigenvalue weighted by molar-refractivity contribution is 0.0937. The molecule has 2 aromatic carbocycles. The highest BCUT2D eigenvalue weighted by Crippen LogP contribution is 2.27. The van der Waals surface area contributed by atoms with Crippen LogP contribution in [0.5, 0.6) is 0 Å². The van der Waals surface area contributed by atoms with E-state index >= 15 is 0 Å². The number of amides is 1. The number of rotatable bonds is 7. The van der Waals surface area contributed by atoms with Gasteiger partial charge in [0, 0.05) is 29.0 Å². The molecule has 6 nitrogen and oxygen atoms in total. The maximum absolute atomic E-state index is 13.4. The van der Waals surface area contributed by atoms with E-state index in [1.807, 2.05) is 38.1 Å². The summed E-state index contributed by atoms with van der Waals surface area (Å²) in [5.41, 5.74) is 1.85. The van der Waals surface area contributed by atoms with E-state index in [1.165, 1.54) is 11.8 Å². The van der Waals surface area contributed by atoms with E-state index in [-0.39, 0.29) is 23.6 Å². The van der Waals surface area contributed by atoms with Crippen molar-refractivity contribution in [2.75, 3.05) is 6.61 Å². The van der Waals surface area contributed by atoms with Gasteiger partial charge < -0.3 is 10.1 Å². The predicted molar refractivity (Wildman–Crippen MR) is 129 cm³/mol. The topological polar surface area (TPSA) is 73.2 Å². The number of benzene rings is 2. The van der Waals surface area contributed by atoms with E-state index in [2.05, 4.69) is 5.32 Å². The van der Waals surface area contributed by atoms with E-state index in [9.17, 15) is 9.59 Å². The number of nitrogens with zero attached hydrogens (tertiary/aromatic N) is 2. The second-order valence-electron chi connectivity index (χ2n) is 8.19. The third-order valence-corrected chi connectivity index (χ3v) is 6.72. The zero-order valence-electron chi connectivity index (χ0n) is 18.1. The van der Waals surface area contributed by atoms with Crippen LogP contribution < -0.4 is 10.9 Å². The van der Waals surface area contributed by atoms with Crippen LogP contribution in [0.25, 0.3) is 10.9 Å². The minimum Gasteiger partial charge on any atom is -0.376 e. The molecule has 0 radical (unpaired) electrons. The van der Waals surface area contributed by atoms with Crippen molar-refractivity contribution >= 4 is 40.2 Å². The van der Waals surface area contributed by atoms with Gasteiger partial charge in [-0.2, -0.15) is 0 Å². The average molecular weight is 472 g/mol. The molecule has 1 aromatic heterocycles. The number of carbonyl (C=O) groups is 1. The highest BCUT2D eigenvalue weighted by atomic mass is 35.5. The predicted octanol–water partition coefficient (Wildman–Crippen LogP) is 4.66. The summed E-state index contributed by atoms with van der Waals surface area (Å²) in [4.78, 5) is 30.6. The van der Waals surface area contributed by atoms with Gasteiger partial charge in [0.25, 0.3) is 11.5 Å². The molecular weight excluding hydrogens is 446 g/mol. The molecule has 168 valence electrons. The van der Waals surface area contributed by atoms with Crippen molar-refractivity contribution < 1.29 is 9.53 Å². The number of hydrogen-bond acceptors (Lipinski definition) is 5. The number of nitrogens with one attached hydrogen (secondary N) is 1. The summed E-state index contributed by atoms with van der Waals surface area (Å²) in [5.74, 6) is 0.397. The molecule has 1 saturated heterocycles. The molecular formula is C24H26ClN3O3S. The summed E-state index contributed by atoms with van der Waals surface area (Å²) in [6.45, 7) is 4.99. The first-order chi connectivity index (χ1) is 15.4. The molecule has 3 aromatic rings. The van der Waals surface area contributed by atoms with Gasteiger partial charge in [-0.25, -0.2) is 4.98 Å². The fourth-order valence-electron chi connectivity index (χ4n) is 3.71. The number of halogens is 1. The molecule has 0 saturated carbocycles. The SMILES string of the molecule is CC(C)NC(=O)c1ccc2c(=O)n(CC3CCCO3)c(SCc3ccccc3Cl)nc2c1. The highest BCUT2D eigenvalue weighted by Gasteiger charge is 2.21. The Morgan fingerprint density at radius 2 is 2.12 bits per heavy atom. The summed E-state index contributed by atoms with van der Waals surface area (Å²) in [5, 5.41) is 4.65. The molecule has 1 aliphatic heterocycles. The van der Waals surface area contributed by atoms with Crippen LogP contribution >= 0.6 is 23.4 Å². The molecule has 0 spiro atoms. The number of thioether (sulfide) groups is 1. The van der Waals surface area contributed by atoms with Crippen molar-refractivity contribution in [3.63, 3.8) is 0 Å². The quantitative estimate of drug-likeness (QED) is 0.400. The first-order valence-electron chi connectivity index (χ1n) is 10.8. The minimum absolute atomic E-state index is 0.00251. The fraction of sp³-hybridized carbons (Fsp3) is 0.375. The fourth-order valence-corrected chi connectivity index (χ4v) is 5.00. The number of aromatic nitrogens is 2. The third kappa shape index (κ3) is 5.17. The van der Waals surface area contributed by atoms with Gasteiger partial charge in [-0.1, -0.05) is 41.6 Å². The molecule has 4 rings (SSSR count). The molecule has 1 atom stereocenters. The van der Waals surface area contributed by atoms with Crippen molar-refractivity contribution in [3.05, 3.63) is 69.0 Å². The number of ether oxygens (including phenoxy) is 1. The standard InChI is InChI=1S/C24H26ClN3O3S/c1-15(2)26-22(29)16-9-10-19-21(12-16)27-24(32-14-17-6-3-4-8-20(17)25)28(23(19)30)13-18-7-5-11-31-18/h3-4,6,8-10,12,15,18H,5,7,11,13-14H2,1-2H3,(H,26,29). The summed E-state index contributed by atoms with van der Waals surface area (Å²) in [7, 11) is 0. The lowest BCUT2D eigenvalue weighted by Crippen LogP contribution is -2.31. The first-order valence-corrected chi connectivity index (χ1v) is 12.1. The molecule has 1 amide bonds. The normalized spacial score (nSPS) is 16.1. The second-order valence-corrected chi connectivity index (χ2v) is 9.54. The molecule has 2 heterocycles. The Balaban J connectivity index is 1.73. The smallest absolute Gasteiger partial charge is 0.262 e. The molecule has 1 fully saturated rings. The monoisotopic (exact) mass is 471 g/mol. The zero-order chi connectivity index (χ0) is 22.7. The van der Waals surface area contributed by atoms with E-state index in [4.69, 9.17) is 21.3 Å². The minimum atomic E-state index is -0.183. The van der Waals surface area contributed by atoms with Crippen LogP contribution in [-0.4, -0.2) is 34.2 Å². The van der Waals surface area contributed by atoms with Gasteiger partial charge in [-0.15, -0.1) is 0 Å². The van der Waals surface area contributed by atoms with Crippen molar-refractivity contribution in [2.45, 2.75) is 56.3 Å². The van der Waals surface area contributed by atoms with Gasteiger partial charge in [0.1, 0.15) is 0 Å². The Labute approximate surface area is 196 Å². The third-order valence-electron chi connectivity index (χ3n) is 5.33.